The average Bonchev–Trinajstić information content (AvgIpc) is 2.45. The van der Waals surface area contributed by atoms with Crippen molar-refractivity contribution in [1.82, 2.24) is 0 Å². The molecule has 1 unspecified atom stereocenters. The van der Waals surface area contributed by atoms with E-state index in [2.05, 4.69) is 12.1 Å². The second-order valence-corrected chi connectivity index (χ2v) is 4.95. The summed E-state index contributed by atoms with van der Waals surface area (Å²) in [5.41, 5.74) is 9.81. The van der Waals surface area contributed by atoms with E-state index >= 15 is 0 Å². The molecule has 0 spiro atoms. The first-order valence-electron chi connectivity index (χ1n) is 6.74. The van der Waals surface area contributed by atoms with Crippen molar-refractivity contribution < 1.29 is 5.11 Å². The molecule has 0 fully saturated rings. The van der Waals surface area contributed by atoms with Crippen LogP contribution in [-0.4, -0.2) is 11.7 Å². The molecule has 0 saturated heterocycles. The molecule has 0 radical (unpaired) electrons. The molecule has 100 valence electrons. The Kier molecular flexibility index (Phi) is 4.72. The van der Waals surface area contributed by atoms with E-state index in [0.29, 0.717) is 6.54 Å². The van der Waals surface area contributed by atoms with Crippen molar-refractivity contribution in [2.75, 3.05) is 6.54 Å². The van der Waals surface area contributed by atoms with Crippen molar-refractivity contribution in [3.8, 4) is 0 Å². The van der Waals surface area contributed by atoms with Gasteiger partial charge >= 0.3 is 0 Å². The van der Waals surface area contributed by atoms with Crippen molar-refractivity contribution in [2.24, 2.45) is 5.73 Å². The van der Waals surface area contributed by atoms with E-state index in [0.717, 1.165) is 29.5 Å². The highest BCUT2D eigenvalue weighted by atomic mass is 16.3. The van der Waals surface area contributed by atoms with Gasteiger partial charge in [0.2, 0.25) is 0 Å². The minimum Gasteiger partial charge on any atom is -0.384 e. The van der Waals surface area contributed by atoms with Crippen molar-refractivity contribution in [3.05, 3.63) is 70.8 Å². The number of benzene rings is 2. The largest absolute Gasteiger partial charge is 0.384 e. The Bertz CT molecular complexity index is 519. The second kappa shape index (κ2) is 6.50. The van der Waals surface area contributed by atoms with Gasteiger partial charge in [0.25, 0.3) is 0 Å². The van der Waals surface area contributed by atoms with Gasteiger partial charge in [-0.05, 0) is 43.0 Å². The third-order valence-electron chi connectivity index (χ3n) is 3.32. The fraction of sp³-hybridized carbons (Fsp3) is 0.294. The van der Waals surface area contributed by atoms with Crippen LogP contribution >= 0.6 is 0 Å². The SMILES string of the molecule is Cc1cccc(C(O)c2ccc(CCCN)cc2)c1. The minimum atomic E-state index is -0.552. The van der Waals surface area contributed by atoms with Gasteiger partial charge in [-0.15, -0.1) is 0 Å². The van der Waals surface area contributed by atoms with Gasteiger partial charge in [-0.2, -0.15) is 0 Å². The zero-order valence-corrected chi connectivity index (χ0v) is 11.3. The van der Waals surface area contributed by atoms with E-state index in [9.17, 15) is 5.11 Å². The number of hydrogen-bond acceptors (Lipinski definition) is 2. The fourth-order valence-corrected chi connectivity index (χ4v) is 2.21. The van der Waals surface area contributed by atoms with Gasteiger partial charge in [-0.3, -0.25) is 0 Å². The molecule has 0 heterocycles. The van der Waals surface area contributed by atoms with Crippen LogP contribution in [0.2, 0.25) is 0 Å². The standard InChI is InChI=1S/C17H21NO/c1-13-4-2-6-16(12-13)17(19)15-9-7-14(8-10-15)5-3-11-18/h2,4,6-10,12,17,19H,3,5,11,18H2,1H3. The van der Waals surface area contributed by atoms with Crippen molar-refractivity contribution in [1.29, 1.82) is 0 Å². The molecule has 2 aromatic carbocycles. The van der Waals surface area contributed by atoms with E-state index in [-0.39, 0.29) is 0 Å². The topological polar surface area (TPSA) is 46.2 Å². The van der Waals surface area contributed by atoms with Crippen molar-refractivity contribution in [2.45, 2.75) is 25.9 Å². The minimum absolute atomic E-state index is 0.552. The maximum Gasteiger partial charge on any atom is 0.104 e. The Morgan fingerprint density at radius 3 is 2.42 bits per heavy atom. The van der Waals surface area contributed by atoms with E-state index < -0.39 is 6.10 Å². The highest BCUT2D eigenvalue weighted by molar-refractivity contribution is 5.33. The molecule has 0 amide bonds. The quantitative estimate of drug-likeness (QED) is 0.863. The molecule has 2 heteroatoms. The van der Waals surface area contributed by atoms with Crippen LogP contribution in [0.5, 0.6) is 0 Å². The number of aliphatic hydroxyl groups is 1. The Labute approximate surface area is 114 Å². The fourth-order valence-electron chi connectivity index (χ4n) is 2.21. The third kappa shape index (κ3) is 3.66. The summed E-state index contributed by atoms with van der Waals surface area (Å²) in [5, 5.41) is 10.4. The zero-order valence-electron chi connectivity index (χ0n) is 11.3. The first-order chi connectivity index (χ1) is 9.20. The monoisotopic (exact) mass is 255 g/mol. The van der Waals surface area contributed by atoms with Crippen molar-refractivity contribution >= 4 is 0 Å². The maximum absolute atomic E-state index is 10.4. The zero-order chi connectivity index (χ0) is 13.7. The van der Waals surface area contributed by atoms with E-state index in [1.807, 2.05) is 43.3 Å². The highest BCUT2D eigenvalue weighted by Crippen LogP contribution is 2.23. The Morgan fingerprint density at radius 1 is 1.05 bits per heavy atom. The molecule has 2 aromatic rings. The highest BCUT2D eigenvalue weighted by Gasteiger charge is 2.10. The number of nitrogens with two attached hydrogens (primary N) is 1. The summed E-state index contributed by atoms with van der Waals surface area (Å²) in [7, 11) is 0. The molecule has 0 aliphatic rings. The third-order valence-corrected chi connectivity index (χ3v) is 3.32. The van der Waals surface area contributed by atoms with Gasteiger partial charge in [0.1, 0.15) is 6.10 Å². The lowest BCUT2D eigenvalue weighted by molar-refractivity contribution is 0.220. The van der Waals surface area contributed by atoms with Gasteiger partial charge in [-0.25, -0.2) is 0 Å². The summed E-state index contributed by atoms with van der Waals surface area (Å²) < 4.78 is 0. The smallest absolute Gasteiger partial charge is 0.104 e. The molecule has 2 nitrogen and oxygen atoms in total. The van der Waals surface area contributed by atoms with Gasteiger partial charge in [0.15, 0.2) is 0 Å². The lowest BCUT2D eigenvalue weighted by atomic mass is 9.98. The lowest BCUT2D eigenvalue weighted by Gasteiger charge is -2.12. The normalized spacial score (nSPS) is 12.4. The Hall–Kier alpha value is -1.64. The van der Waals surface area contributed by atoms with Crippen LogP contribution in [-0.2, 0) is 6.42 Å². The van der Waals surface area contributed by atoms with Crippen LogP contribution in [0.1, 0.15) is 34.8 Å². The molecular weight excluding hydrogens is 234 g/mol. The molecule has 1 atom stereocenters. The van der Waals surface area contributed by atoms with Crippen LogP contribution in [0.15, 0.2) is 48.5 Å². The van der Waals surface area contributed by atoms with Crippen LogP contribution in [0.3, 0.4) is 0 Å². The summed E-state index contributed by atoms with van der Waals surface area (Å²) >= 11 is 0. The predicted molar refractivity (Wildman–Crippen MR) is 79.1 cm³/mol. The molecule has 0 aliphatic heterocycles. The van der Waals surface area contributed by atoms with E-state index in [4.69, 9.17) is 5.73 Å². The van der Waals surface area contributed by atoms with Crippen LogP contribution in [0.4, 0.5) is 0 Å². The summed E-state index contributed by atoms with van der Waals surface area (Å²) in [4.78, 5) is 0. The summed E-state index contributed by atoms with van der Waals surface area (Å²) in [6.07, 6.45) is 1.44. The van der Waals surface area contributed by atoms with E-state index in [1.165, 1.54) is 5.56 Å². The van der Waals surface area contributed by atoms with E-state index in [1.54, 1.807) is 0 Å². The van der Waals surface area contributed by atoms with Crippen LogP contribution in [0, 0.1) is 6.92 Å². The summed E-state index contributed by atoms with van der Waals surface area (Å²) in [5.74, 6) is 0. The molecule has 3 N–H and O–H groups in total. The molecule has 0 bridgehead atoms. The summed E-state index contributed by atoms with van der Waals surface area (Å²) in [6, 6.07) is 16.1. The van der Waals surface area contributed by atoms with Gasteiger partial charge in [0, 0.05) is 0 Å². The number of aliphatic hydroxyl groups excluding tert-OH is 1. The van der Waals surface area contributed by atoms with Crippen LogP contribution < -0.4 is 5.73 Å². The second-order valence-electron chi connectivity index (χ2n) is 4.95. The first-order valence-corrected chi connectivity index (χ1v) is 6.74. The molecule has 2 rings (SSSR count). The number of hydrogen-bond donors (Lipinski definition) is 2. The average molecular weight is 255 g/mol. The van der Waals surface area contributed by atoms with Gasteiger partial charge in [-0.1, -0.05) is 54.1 Å². The molecule has 0 saturated carbocycles. The molecule has 0 aromatic heterocycles. The van der Waals surface area contributed by atoms with Gasteiger partial charge < -0.3 is 10.8 Å². The number of rotatable bonds is 5. The van der Waals surface area contributed by atoms with Gasteiger partial charge in [0.05, 0.1) is 0 Å². The predicted octanol–water partition coefficient (Wildman–Crippen LogP) is 2.97. The first kappa shape index (κ1) is 13.8. The Morgan fingerprint density at radius 2 is 1.79 bits per heavy atom. The van der Waals surface area contributed by atoms with Crippen LogP contribution in [0.25, 0.3) is 0 Å². The maximum atomic E-state index is 10.4. The Balaban J connectivity index is 2.13. The molecule has 19 heavy (non-hydrogen) atoms. The van der Waals surface area contributed by atoms with Crippen molar-refractivity contribution in [3.63, 3.8) is 0 Å². The summed E-state index contributed by atoms with van der Waals surface area (Å²) in [6.45, 7) is 2.75. The lowest BCUT2D eigenvalue weighted by Crippen LogP contribution is -2.02. The molecule has 0 aliphatic carbocycles. The molecular formula is C17H21NO. The number of aryl methyl sites for hydroxylation is 2.